The zero-order valence-corrected chi connectivity index (χ0v) is 11.8. The Bertz CT molecular complexity index is 627. The van der Waals surface area contributed by atoms with Crippen molar-refractivity contribution in [3.8, 4) is 11.4 Å². The van der Waals surface area contributed by atoms with Gasteiger partial charge in [0, 0.05) is 6.07 Å². The first-order chi connectivity index (χ1) is 10.2. The highest BCUT2D eigenvalue weighted by Crippen LogP contribution is 2.27. The van der Waals surface area contributed by atoms with Crippen LogP contribution < -0.4 is 10.1 Å². The Labute approximate surface area is 121 Å². The molecule has 0 saturated carbocycles. The zero-order valence-electron chi connectivity index (χ0n) is 11.8. The molecule has 0 amide bonds. The molecule has 0 atom stereocenters. The van der Waals surface area contributed by atoms with Crippen LogP contribution in [0.3, 0.4) is 0 Å². The lowest BCUT2D eigenvalue weighted by Gasteiger charge is -2.09. The number of hydrogen-bond donors (Lipinski definition) is 1. The minimum absolute atomic E-state index is 0.0469. The normalized spacial score (nSPS) is 10.6. The van der Waals surface area contributed by atoms with Gasteiger partial charge in [0.15, 0.2) is 11.6 Å². The van der Waals surface area contributed by atoms with Gasteiger partial charge in [-0.25, -0.2) is 0 Å². The quantitative estimate of drug-likeness (QED) is 0.462. The molecule has 0 saturated heterocycles. The number of methoxy groups -OCH3 is 1. The summed E-state index contributed by atoms with van der Waals surface area (Å²) in [5.74, 6) is 0.948. The average Bonchev–Trinajstić information content (AvgIpc) is 2.95. The van der Waals surface area contributed by atoms with E-state index in [0.29, 0.717) is 23.8 Å². The molecule has 0 aliphatic carbocycles. The Hall–Kier alpha value is -2.55. The standard InChI is InChI=1S/C12H16N6O3/c1-3-6-13-8-12-14-15-16-17(12)10-5-4-9(18(19)20)7-11(10)21-2/h4-5,7,13H,3,6,8H2,1-2H3. The van der Waals surface area contributed by atoms with Gasteiger partial charge in [-0.15, -0.1) is 5.10 Å². The van der Waals surface area contributed by atoms with Crippen molar-refractivity contribution in [1.82, 2.24) is 25.5 Å². The van der Waals surface area contributed by atoms with Crippen LogP contribution in [0.15, 0.2) is 18.2 Å². The first kappa shape index (κ1) is 14.9. The third-order valence-corrected chi connectivity index (χ3v) is 2.85. The van der Waals surface area contributed by atoms with Gasteiger partial charge in [0.2, 0.25) is 0 Å². The number of rotatable bonds is 7. The number of nitrogens with zero attached hydrogens (tertiary/aromatic N) is 5. The van der Waals surface area contributed by atoms with Gasteiger partial charge in [-0.1, -0.05) is 6.92 Å². The molecule has 21 heavy (non-hydrogen) atoms. The maximum Gasteiger partial charge on any atom is 0.273 e. The fraction of sp³-hybridized carbons (Fsp3) is 0.417. The highest BCUT2D eigenvalue weighted by atomic mass is 16.6. The fourth-order valence-electron chi connectivity index (χ4n) is 1.83. The van der Waals surface area contributed by atoms with E-state index in [1.807, 2.05) is 0 Å². The number of tetrazole rings is 1. The van der Waals surface area contributed by atoms with Crippen molar-refractivity contribution in [2.24, 2.45) is 0 Å². The van der Waals surface area contributed by atoms with Gasteiger partial charge in [0.05, 0.1) is 24.6 Å². The summed E-state index contributed by atoms with van der Waals surface area (Å²) in [6.07, 6.45) is 1.00. The second-order valence-corrected chi connectivity index (χ2v) is 4.30. The van der Waals surface area contributed by atoms with E-state index in [-0.39, 0.29) is 5.69 Å². The molecule has 112 valence electrons. The maximum absolute atomic E-state index is 10.8. The number of benzene rings is 1. The highest BCUT2D eigenvalue weighted by molar-refractivity contribution is 5.52. The number of ether oxygens (including phenoxy) is 1. The van der Waals surface area contributed by atoms with Gasteiger partial charge in [-0.05, 0) is 29.5 Å². The molecule has 2 rings (SSSR count). The predicted octanol–water partition coefficient (Wildman–Crippen LogP) is 1.08. The number of non-ortho nitro benzene ring substituents is 1. The van der Waals surface area contributed by atoms with E-state index >= 15 is 0 Å². The molecule has 0 radical (unpaired) electrons. The third kappa shape index (κ3) is 3.31. The smallest absolute Gasteiger partial charge is 0.273 e. The van der Waals surface area contributed by atoms with Crippen LogP contribution in [0.25, 0.3) is 5.69 Å². The molecule has 0 fully saturated rings. The predicted molar refractivity (Wildman–Crippen MR) is 74.4 cm³/mol. The van der Waals surface area contributed by atoms with Gasteiger partial charge in [-0.3, -0.25) is 10.1 Å². The van der Waals surface area contributed by atoms with Gasteiger partial charge >= 0.3 is 0 Å². The molecule has 0 bridgehead atoms. The van der Waals surface area contributed by atoms with Gasteiger partial charge in [0.25, 0.3) is 5.69 Å². The Morgan fingerprint density at radius 3 is 2.95 bits per heavy atom. The van der Waals surface area contributed by atoms with Crippen LogP contribution in [-0.4, -0.2) is 38.8 Å². The molecule has 0 aliphatic heterocycles. The van der Waals surface area contributed by atoms with Crippen LogP contribution in [0.2, 0.25) is 0 Å². The van der Waals surface area contributed by atoms with Crippen molar-refractivity contribution in [2.45, 2.75) is 19.9 Å². The molecule has 0 unspecified atom stereocenters. The molecule has 9 nitrogen and oxygen atoms in total. The van der Waals surface area contributed by atoms with Crippen molar-refractivity contribution in [3.63, 3.8) is 0 Å². The largest absolute Gasteiger partial charge is 0.494 e. The summed E-state index contributed by atoms with van der Waals surface area (Å²) in [5, 5.41) is 25.5. The van der Waals surface area contributed by atoms with Crippen LogP contribution >= 0.6 is 0 Å². The number of nitro benzene ring substituents is 1. The van der Waals surface area contributed by atoms with E-state index in [1.54, 1.807) is 6.07 Å². The summed E-state index contributed by atoms with van der Waals surface area (Å²) in [7, 11) is 1.45. The maximum atomic E-state index is 10.8. The topological polar surface area (TPSA) is 108 Å². The number of hydrogen-bond acceptors (Lipinski definition) is 7. The second-order valence-electron chi connectivity index (χ2n) is 4.30. The van der Waals surface area contributed by atoms with E-state index in [0.717, 1.165) is 13.0 Å². The highest BCUT2D eigenvalue weighted by Gasteiger charge is 2.16. The molecule has 1 aromatic heterocycles. The zero-order chi connectivity index (χ0) is 15.2. The Morgan fingerprint density at radius 1 is 1.48 bits per heavy atom. The minimum Gasteiger partial charge on any atom is -0.494 e. The van der Waals surface area contributed by atoms with Crippen molar-refractivity contribution in [2.75, 3.05) is 13.7 Å². The van der Waals surface area contributed by atoms with Crippen molar-refractivity contribution < 1.29 is 9.66 Å². The van der Waals surface area contributed by atoms with Crippen molar-refractivity contribution >= 4 is 5.69 Å². The van der Waals surface area contributed by atoms with E-state index in [9.17, 15) is 10.1 Å². The van der Waals surface area contributed by atoms with Crippen LogP contribution in [0.1, 0.15) is 19.2 Å². The molecule has 2 aromatic rings. The Morgan fingerprint density at radius 2 is 2.29 bits per heavy atom. The van der Waals surface area contributed by atoms with Gasteiger partial charge in [0.1, 0.15) is 5.69 Å². The molecule has 0 spiro atoms. The number of nitrogens with one attached hydrogen (secondary N) is 1. The monoisotopic (exact) mass is 292 g/mol. The Balaban J connectivity index is 2.33. The molecule has 0 aliphatic rings. The molecule has 1 aromatic carbocycles. The lowest BCUT2D eigenvalue weighted by molar-refractivity contribution is -0.384. The summed E-state index contributed by atoms with van der Waals surface area (Å²) < 4.78 is 6.70. The third-order valence-electron chi connectivity index (χ3n) is 2.85. The van der Waals surface area contributed by atoms with Crippen LogP contribution in [0, 0.1) is 10.1 Å². The van der Waals surface area contributed by atoms with Crippen LogP contribution in [-0.2, 0) is 6.54 Å². The summed E-state index contributed by atoms with van der Waals surface area (Å²) in [6, 6.07) is 4.31. The Kier molecular flexibility index (Phi) is 4.77. The van der Waals surface area contributed by atoms with Gasteiger partial charge in [-0.2, -0.15) is 4.68 Å². The summed E-state index contributed by atoms with van der Waals surface area (Å²) in [4.78, 5) is 10.3. The first-order valence-corrected chi connectivity index (χ1v) is 6.48. The van der Waals surface area contributed by atoms with E-state index in [2.05, 4.69) is 27.8 Å². The molecular formula is C12H16N6O3. The molecule has 1 heterocycles. The minimum atomic E-state index is -0.477. The van der Waals surface area contributed by atoms with Crippen LogP contribution in [0.4, 0.5) is 5.69 Å². The average molecular weight is 292 g/mol. The summed E-state index contributed by atoms with van der Waals surface area (Å²) >= 11 is 0. The fourth-order valence-corrected chi connectivity index (χ4v) is 1.83. The lowest BCUT2D eigenvalue weighted by Crippen LogP contribution is -2.18. The van der Waals surface area contributed by atoms with Crippen LogP contribution in [0.5, 0.6) is 5.75 Å². The second kappa shape index (κ2) is 6.75. The van der Waals surface area contributed by atoms with Crippen molar-refractivity contribution in [1.29, 1.82) is 0 Å². The van der Waals surface area contributed by atoms with Gasteiger partial charge < -0.3 is 10.1 Å². The van der Waals surface area contributed by atoms with E-state index < -0.39 is 4.92 Å². The molecular weight excluding hydrogens is 276 g/mol. The van der Waals surface area contributed by atoms with E-state index in [4.69, 9.17) is 4.74 Å². The summed E-state index contributed by atoms with van der Waals surface area (Å²) in [6.45, 7) is 3.42. The van der Waals surface area contributed by atoms with Crippen molar-refractivity contribution in [3.05, 3.63) is 34.1 Å². The first-order valence-electron chi connectivity index (χ1n) is 6.48. The number of nitro groups is 1. The lowest BCUT2D eigenvalue weighted by atomic mass is 10.2. The molecule has 1 N–H and O–H groups in total. The summed E-state index contributed by atoms with van der Waals surface area (Å²) in [5.41, 5.74) is 0.510. The number of aromatic nitrogens is 4. The molecule has 9 heteroatoms. The SMILES string of the molecule is CCCNCc1nnnn1-c1ccc([N+](=O)[O-])cc1OC. The van der Waals surface area contributed by atoms with E-state index in [1.165, 1.54) is 23.9 Å².